The van der Waals surface area contributed by atoms with Crippen LogP contribution in [0.5, 0.6) is 0 Å². The molecule has 1 aliphatic heterocycles. The molecule has 32 heavy (non-hydrogen) atoms. The van der Waals surface area contributed by atoms with Gasteiger partial charge in [-0.25, -0.2) is 8.42 Å². The van der Waals surface area contributed by atoms with E-state index in [9.17, 15) is 8.42 Å². The second-order valence-corrected chi connectivity index (χ2v) is 10.7. The quantitative estimate of drug-likeness (QED) is 0.468. The Bertz CT molecular complexity index is 1330. The van der Waals surface area contributed by atoms with E-state index in [-0.39, 0.29) is 12.0 Å². The maximum atomic E-state index is 13.2. The first-order chi connectivity index (χ1) is 15.3. The largest absolute Gasteiger partial charge is 0.378 e. The number of sulfonamides is 1. The van der Waals surface area contributed by atoms with Crippen LogP contribution in [0.2, 0.25) is 0 Å². The van der Waals surface area contributed by atoms with Gasteiger partial charge < -0.3 is 5.32 Å². The highest BCUT2D eigenvalue weighted by Crippen LogP contribution is 2.50. The summed E-state index contributed by atoms with van der Waals surface area (Å²) in [6.07, 6.45) is 5.44. The summed E-state index contributed by atoms with van der Waals surface area (Å²) >= 11 is 0. The number of fused-ring (bicyclic) bond motifs is 3. The zero-order valence-corrected chi connectivity index (χ0v) is 19.4. The van der Waals surface area contributed by atoms with Crippen molar-refractivity contribution in [3.8, 4) is 0 Å². The molecule has 0 bridgehead atoms. The van der Waals surface area contributed by atoms with Gasteiger partial charge in [-0.05, 0) is 74.1 Å². The SMILES string of the molecule is Cc1cccc([C@H]2Nc3ccc(S(=O)(=O)Nc4ccc(C)cc4C)cc3[C@H]3C=CC[C@H]32)c1. The molecule has 3 aromatic rings. The Hall–Kier alpha value is -3.05. The first kappa shape index (κ1) is 20.8. The lowest BCUT2D eigenvalue weighted by Gasteiger charge is -2.37. The molecule has 5 rings (SSSR count). The van der Waals surface area contributed by atoms with Crippen molar-refractivity contribution < 1.29 is 8.42 Å². The van der Waals surface area contributed by atoms with Crippen molar-refractivity contribution in [2.75, 3.05) is 10.0 Å². The summed E-state index contributed by atoms with van der Waals surface area (Å²) in [4.78, 5) is 0.297. The molecular formula is C27H28N2O2S. The fourth-order valence-electron chi connectivity index (χ4n) is 5.07. The number of hydrogen-bond acceptors (Lipinski definition) is 3. The van der Waals surface area contributed by atoms with Crippen LogP contribution in [0.3, 0.4) is 0 Å². The minimum atomic E-state index is -3.68. The van der Waals surface area contributed by atoms with Gasteiger partial charge in [-0.15, -0.1) is 0 Å². The number of hydrogen-bond donors (Lipinski definition) is 2. The van der Waals surface area contributed by atoms with Crippen LogP contribution in [0, 0.1) is 26.7 Å². The molecule has 2 aliphatic rings. The Kier molecular flexibility index (Phi) is 5.09. The van der Waals surface area contributed by atoms with Crippen molar-refractivity contribution in [1.82, 2.24) is 0 Å². The van der Waals surface area contributed by atoms with Crippen LogP contribution < -0.4 is 10.0 Å². The van der Waals surface area contributed by atoms with Crippen molar-refractivity contribution in [3.63, 3.8) is 0 Å². The minimum Gasteiger partial charge on any atom is -0.378 e. The van der Waals surface area contributed by atoms with Crippen LogP contribution in [0.4, 0.5) is 11.4 Å². The van der Waals surface area contributed by atoms with Crippen LogP contribution >= 0.6 is 0 Å². The molecular weight excluding hydrogens is 416 g/mol. The topological polar surface area (TPSA) is 58.2 Å². The second kappa shape index (κ2) is 7.82. The minimum absolute atomic E-state index is 0.202. The lowest BCUT2D eigenvalue weighted by Crippen LogP contribution is -2.29. The first-order valence-electron chi connectivity index (χ1n) is 11.1. The molecule has 3 atom stereocenters. The average Bonchev–Trinajstić information content (AvgIpc) is 3.25. The van der Waals surface area contributed by atoms with Crippen molar-refractivity contribution in [2.24, 2.45) is 5.92 Å². The number of allylic oxidation sites excluding steroid dienone is 2. The summed E-state index contributed by atoms with van der Waals surface area (Å²) in [5.74, 6) is 0.572. The highest BCUT2D eigenvalue weighted by atomic mass is 32.2. The van der Waals surface area contributed by atoms with E-state index >= 15 is 0 Å². The van der Waals surface area contributed by atoms with Gasteiger partial charge in [0.05, 0.1) is 16.6 Å². The molecule has 0 amide bonds. The second-order valence-electron chi connectivity index (χ2n) is 9.06. The summed E-state index contributed by atoms with van der Waals surface area (Å²) < 4.78 is 29.2. The average molecular weight is 445 g/mol. The predicted molar refractivity (Wildman–Crippen MR) is 131 cm³/mol. The van der Waals surface area contributed by atoms with Crippen molar-refractivity contribution in [3.05, 3.63) is 101 Å². The summed E-state index contributed by atoms with van der Waals surface area (Å²) in [7, 11) is -3.68. The van der Waals surface area contributed by atoms with Crippen molar-refractivity contribution in [1.29, 1.82) is 0 Å². The third-order valence-corrected chi connectivity index (χ3v) is 8.04. The summed E-state index contributed by atoms with van der Waals surface area (Å²) in [5.41, 5.74) is 7.22. The highest BCUT2D eigenvalue weighted by molar-refractivity contribution is 7.92. The van der Waals surface area contributed by atoms with Gasteiger partial charge in [0, 0.05) is 11.6 Å². The van der Waals surface area contributed by atoms with Crippen LogP contribution in [-0.4, -0.2) is 8.42 Å². The summed E-state index contributed by atoms with van der Waals surface area (Å²) in [6, 6.07) is 20.0. The normalized spacial score (nSPS) is 21.5. The number of anilines is 2. The van der Waals surface area contributed by atoms with Gasteiger partial charge in [0.15, 0.2) is 0 Å². The number of rotatable bonds is 4. The van der Waals surface area contributed by atoms with Crippen molar-refractivity contribution >= 4 is 21.4 Å². The lowest BCUT2D eigenvalue weighted by atomic mass is 9.77. The molecule has 0 spiro atoms. The van der Waals surface area contributed by atoms with E-state index in [0.29, 0.717) is 16.5 Å². The fraction of sp³-hybridized carbons (Fsp3) is 0.259. The Morgan fingerprint density at radius 1 is 0.938 bits per heavy atom. The third kappa shape index (κ3) is 3.71. The standard InChI is InChI=1S/C27H28N2O2S/c1-17-6-4-7-20(15-17)27-23-9-5-8-22(23)24-16-21(11-13-26(24)28-27)32(30,31)29-25-12-10-18(2)14-19(25)3/h4-8,10-16,22-23,27-29H,9H2,1-3H3/t22-,23+,27+/m0/s1. The number of aryl methyl sites for hydroxylation is 3. The Labute approximate surface area is 190 Å². The van der Waals surface area contributed by atoms with Crippen LogP contribution in [0.25, 0.3) is 0 Å². The number of benzene rings is 3. The molecule has 0 fully saturated rings. The molecule has 0 saturated heterocycles. The van der Waals surface area contributed by atoms with Gasteiger partial charge in [0.25, 0.3) is 10.0 Å². The number of nitrogens with one attached hydrogen (secondary N) is 2. The first-order valence-corrected chi connectivity index (χ1v) is 12.5. The van der Waals surface area contributed by atoms with Gasteiger partial charge in [0.2, 0.25) is 0 Å². The van der Waals surface area contributed by atoms with E-state index in [2.05, 4.69) is 53.4 Å². The van der Waals surface area contributed by atoms with E-state index < -0.39 is 10.0 Å². The molecule has 164 valence electrons. The van der Waals surface area contributed by atoms with Crippen LogP contribution in [0.15, 0.2) is 77.7 Å². The Morgan fingerprint density at radius 2 is 1.75 bits per heavy atom. The predicted octanol–water partition coefficient (Wildman–Crippen LogP) is 6.24. The van der Waals surface area contributed by atoms with E-state index in [1.165, 1.54) is 11.1 Å². The van der Waals surface area contributed by atoms with Gasteiger partial charge in [0.1, 0.15) is 0 Å². The molecule has 5 heteroatoms. The Balaban J connectivity index is 1.49. The van der Waals surface area contributed by atoms with E-state index in [4.69, 9.17) is 0 Å². The maximum absolute atomic E-state index is 13.2. The van der Waals surface area contributed by atoms with Crippen LogP contribution in [-0.2, 0) is 10.0 Å². The molecule has 0 radical (unpaired) electrons. The molecule has 0 saturated carbocycles. The van der Waals surface area contributed by atoms with E-state index in [1.54, 1.807) is 6.07 Å². The molecule has 0 unspecified atom stereocenters. The molecule has 3 aromatic carbocycles. The smallest absolute Gasteiger partial charge is 0.261 e. The van der Waals surface area contributed by atoms with E-state index in [0.717, 1.165) is 28.8 Å². The molecule has 4 nitrogen and oxygen atoms in total. The molecule has 0 aromatic heterocycles. The van der Waals surface area contributed by atoms with Crippen molar-refractivity contribution in [2.45, 2.75) is 44.0 Å². The molecule has 2 N–H and O–H groups in total. The summed E-state index contributed by atoms with van der Waals surface area (Å²) in [5, 5.41) is 3.70. The monoisotopic (exact) mass is 444 g/mol. The summed E-state index contributed by atoms with van der Waals surface area (Å²) in [6.45, 7) is 6.03. The zero-order chi connectivity index (χ0) is 22.5. The van der Waals surface area contributed by atoms with Gasteiger partial charge in [-0.3, -0.25) is 4.72 Å². The van der Waals surface area contributed by atoms with E-state index in [1.807, 2.05) is 44.2 Å². The highest BCUT2D eigenvalue weighted by Gasteiger charge is 2.38. The maximum Gasteiger partial charge on any atom is 0.261 e. The lowest BCUT2D eigenvalue weighted by molar-refractivity contribution is 0.425. The zero-order valence-electron chi connectivity index (χ0n) is 18.6. The fourth-order valence-corrected chi connectivity index (χ4v) is 6.23. The Morgan fingerprint density at radius 3 is 2.53 bits per heavy atom. The van der Waals surface area contributed by atoms with Gasteiger partial charge >= 0.3 is 0 Å². The molecule has 1 heterocycles. The van der Waals surface area contributed by atoms with Crippen LogP contribution in [0.1, 0.15) is 46.2 Å². The third-order valence-electron chi connectivity index (χ3n) is 6.67. The van der Waals surface area contributed by atoms with Gasteiger partial charge in [-0.2, -0.15) is 0 Å². The molecule has 1 aliphatic carbocycles. The van der Waals surface area contributed by atoms with Gasteiger partial charge in [-0.1, -0.05) is 59.7 Å².